The predicted octanol–water partition coefficient (Wildman–Crippen LogP) is 2.57. The van der Waals surface area contributed by atoms with Crippen molar-refractivity contribution in [2.45, 2.75) is 32.3 Å². The summed E-state index contributed by atoms with van der Waals surface area (Å²) >= 11 is 0. The number of nitrogens with zero attached hydrogens (tertiary/aromatic N) is 1. The van der Waals surface area contributed by atoms with E-state index in [1.807, 2.05) is 0 Å². The average molecular weight is 348 g/mol. The van der Waals surface area contributed by atoms with Crippen molar-refractivity contribution in [2.24, 2.45) is 5.41 Å². The van der Waals surface area contributed by atoms with Crippen molar-refractivity contribution < 1.29 is 24.2 Å². The molecule has 2 fully saturated rings. The average Bonchev–Trinajstić information content (AvgIpc) is 3.24. The zero-order valence-corrected chi connectivity index (χ0v) is 14.4. The van der Waals surface area contributed by atoms with E-state index in [0.717, 1.165) is 25.2 Å². The molecule has 2 aliphatic heterocycles. The van der Waals surface area contributed by atoms with Crippen LogP contribution in [0.25, 0.3) is 0 Å². The molecule has 2 heterocycles. The van der Waals surface area contributed by atoms with Crippen molar-refractivity contribution in [1.29, 1.82) is 0 Å². The number of benzene rings is 1. The SMILES string of the molecule is CC1(C(=O)O)CCN(C(=O)Nc2ccc(OCC3CCCO3)cc2)C1. The van der Waals surface area contributed by atoms with Gasteiger partial charge in [-0.05, 0) is 50.5 Å². The lowest BCUT2D eigenvalue weighted by Gasteiger charge is -2.20. The fourth-order valence-electron chi connectivity index (χ4n) is 3.11. The Morgan fingerprint density at radius 1 is 1.40 bits per heavy atom. The standard InChI is InChI=1S/C18H24N2O5/c1-18(16(21)22)8-9-20(12-18)17(23)19-13-4-6-14(7-5-13)25-11-15-3-2-10-24-15/h4-7,15H,2-3,8-12H2,1H3,(H,19,23)(H,21,22). The molecule has 0 aromatic heterocycles. The molecule has 7 heteroatoms. The van der Waals surface area contributed by atoms with E-state index >= 15 is 0 Å². The summed E-state index contributed by atoms with van der Waals surface area (Å²) in [4.78, 5) is 25.1. The molecule has 2 amide bonds. The molecule has 2 aliphatic rings. The number of amides is 2. The van der Waals surface area contributed by atoms with Gasteiger partial charge in [0.15, 0.2) is 0 Å². The number of urea groups is 1. The van der Waals surface area contributed by atoms with Crippen LogP contribution < -0.4 is 10.1 Å². The van der Waals surface area contributed by atoms with Gasteiger partial charge in [-0.2, -0.15) is 0 Å². The van der Waals surface area contributed by atoms with Crippen molar-refractivity contribution in [3.63, 3.8) is 0 Å². The van der Waals surface area contributed by atoms with Gasteiger partial charge in [-0.15, -0.1) is 0 Å². The number of hydrogen-bond donors (Lipinski definition) is 2. The Morgan fingerprint density at radius 3 is 2.76 bits per heavy atom. The Balaban J connectivity index is 1.49. The monoisotopic (exact) mass is 348 g/mol. The second-order valence-corrected chi connectivity index (χ2v) is 6.94. The lowest BCUT2D eigenvalue weighted by atomic mass is 9.90. The van der Waals surface area contributed by atoms with E-state index in [1.165, 1.54) is 4.90 Å². The van der Waals surface area contributed by atoms with Crippen molar-refractivity contribution in [2.75, 3.05) is 31.6 Å². The van der Waals surface area contributed by atoms with Gasteiger partial charge in [0.25, 0.3) is 0 Å². The number of anilines is 1. The smallest absolute Gasteiger partial charge is 0.321 e. The van der Waals surface area contributed by atoms with E-state index in [4.69, 9.17) is 9.47 Å². The van der Waals surface area contributed by atoms with Crippen LogP contribution in [0.4, 0.5) is 10.5 Å². The van der Waals surface area contributed by atoms with Crippen LogP contribution in [0.3, 0.4) is 0 Å². The molecule has 0 aliphatic carbocycles. The molecular weight excluding hydrogens is 324 g/mol. The third-order valence-electron chi connectivity index (χ3n) is 4.84. The Labute approximate surface area is 146 Å². The van der Waals surface area contributed by atoms with Gasteiger partial charge in [0.05, 0.1) is 11.5 Å². The van der Waals surface area contributed by atoms with E-state index in [-0.39, 0.29) is 18.7 Å². The summed E-state index contributed by atoms with van der Waals surface area (Å²) in [5, 5.41) is 12.0. The van der Waals surface area contributed by atoms with Gasteiger partial charge < -0.3 is 24.8 Å². The molecule has 0 bridgehead atoms. The van der Waals surface area contributed by atoms with E-state index in [0.29, 0.717) is 25.3 Å². The molecule has 3 rings (SSSR count). The zero-order chi connectivity index (χ0) is 17.9. The largest absolute Gasteiger partial charge is 0.491 e. The van der Waals surface area contributed by atoms with Gasteiger partial charge in [-0.3, -0.25) is 4.79 Å². The molecule has 2 saturated heterocycles. The lowest BCUT2D eigenvalue weighted by Crippen LogP contribution is -2.37. The Kier molecular flexibility index (Phi) is 5.13. The van der Waals surface area contributed by atoms with Gasteiger partial charge in [0.1, 0.15) is 12.4 Å². The van der Waals surface area contributed by atoms with Crippen molar-refractivity contribution in [3.8, 4) is 5.75 Å². The van der Waals surface area contributed by atoms with E-state index in [9.17, 15) is 14.7 Å². The summed E-state index contributed by atoms with van der Waals surface area (Å²) in [6, 6.07) is 6.87. The minimum atomic E-state index is -0.865. The molecule has 1 aromatic carbocycles. The van der Waals surface area contributed by atoms with Crippen LogP contribution in [0.1, 0.15) is 26.2 Å². The van der Waals surface area contributed by atoms with Crippen LogP contribution >= 0.6 is 0 Å². The number of aliphatic carboxylic acids is 1. The maximum Gasteiger partial charge on any atom is 0.321 e. The first-order valence-corrected chi connectivity index (χ1v) is 8.60. The molecule has 136 valence electrons. The van der Waals surface area contributed by atoms with Gasteiger partial charge in [0.2, 0.25) is 0 Å². The summed E-state index contributed by atoms with van der Waals surface area (Å²) in [5.41, 5.74) is -0.212. The van der Waals surface area contributed by atoms with Crippen LogP contribution in [0.15, 0.2) is 24.3 Å². The number of nitrogens with one attached hydrogen (secondary N) is 1. The topological polar surface area (TPSA) is 88.1 Å². The molecule has 2 atom stereocenters. The Morgan fingerprint density at radius 2 is 2.16 bits per heavy atom. The van der Waals surface area contributed by atoms with Crippen LogP contribution in [-0.4, -0.2) is 54.4 Å². The molecule has 0 radical (unpaired) electrons. The third-order valence-corrected chi connectivity index (χ3v) is 4.84. The van der Waals surface area contributed by atoms with Crippen LogP contribution in [0, 0.1) is 5.41 Å². The number of hydrogen-bond acceptors (Lipinski definition) is 4. The summed E-state index contributed by atoms with van der Waals surface area (Å²) in [6.45, 7) is 3.67. The van der Waals surface area contributed by atoms with Gasteiger partial charge in [-0.25, -0.2) is 4.79 Å². The number of carbonyl (C=O) groups excluding carboxylic acids is 1. The zero-order valence-electron chi connectivity index (χ0n) is 14.4. The molecular formula is C18H24N2O5. The predicted molar refractivity (Wildman–Crippen MR) is 91.9 cm³/mol. The minimum Gasteiger partial charge on any atom is -0.491 e. The highest BCUT2D eigenvalue weighted by Crippen LogP contribution is 2.30. The van der Waals surface area contributed by atoms with Gasteiger partial charge in [0, 0.05) is 25.4 Å². The summed E-state index contributed by atoms with van der Waals surface area (Å²) in [5.74, 6) is -0.135. The first-order valence-electron chi connectivity index (χ1n) is 8.60. The summed E-state index contributed by atoms with van der Waals surface area (Å²) in [7, 11) is 0. The molecule has 0 spiro atoms. The molecule has 1 aromatic rings. The fourth-order valence-corrected chi connectivity index (χ4v) is 3.11. The second kappa shape index (κ2) is 7.31. The van der Waals surface area contributed by atoms with Crippen LogP contribution in [0.2, 0.25) is 0 Å². The number of carbonyl (C=O) groups is 2. The first kappa shape index (κ1) is 17.5. The highest BCUT2D eigenvalue weighted by atomic mass is 16.5. The Hall–Kier alpha value is -2.28. The highest BCUT2D eigenvalue weighted by molar-refractivity contribution is 5.90. The molecule has 2 N–H and O–H groups in total. The first-order chi connectivity index (χ1) is 12.0. The Bertz CT molecular complexity index is 627. The molecule has 0 saturated carbocycles. The second-order valence-electron chi connectivity index (χ2n) is 6.94. The van der Waals surface area contributed by atoms with Crippen LogP contribution in [0.5, 0.6) is 5.75 Å². The summed E-state index contributed by atoms with van der Waals surface area (Å²) < 4.78 is 11.2. The number of likely N-dealkylation sites (tertiary alicyclic amines) is 1. The number of ether oxygens (including phenoxy) is 2. The van der Waals surface area contributed by atoms with E-state index in [2.05, 4.69) is 5.32 Å². The summed E-state index contributed by atoms with van der Waals surface area (Å²) in [6.07, 6.45) is 2.74. The number of carboxylic acid groups (broad SMARTS) is 1. The lowest BCUT2D eigenvalue weighted by molar-refractivity contribution is -0.146. The molecule has 2 unspecified atom stereocenters. The van der Waals surface area contributed by atoms with E-state index < -0.39 is 11.4 Å². The highest BCUT2D eigenvalue weighted by Gasteiger charge is 2.42. The quantitative estimate of drug-likeness (QED) is 0.854. The number of rotatable bonds is 5. The van der Waals surface area contributed by atoms with Crippen LogP contribution in [-0.2, 0) is 9.53 Å². The normalized spacial score (nSPS) is 25.8. The van der Waals surface area contributed by atoms with Gasteiger partial charge >= 0.3 is 12.0 Å². The number of carboxylic acids is 1. The van der Waals surface area contributed by atoms with Gasteiger partial charge in [-0.1, -0.05) is 0 Å². The van der Waals surface area contributed by atoms with Crippen molar-refractivity contribution >= 4 is 17.7 Å². The fraction of sp³-hybridized carbons (Fsp3) is 0.556. The van der Waals surface area contributed by atoms with E-state index in [1.54, 1.807) is 31.2 Å². The third kappa shape index (κ3) is 4.22. The molecule has 25 heavy (non-hydrogen) atoms. The maximum atomic E-state index is 12.3. The maximum absolute atomic E-state index is 12.3. The van der Waals surface area contributed by atoms with Crippen molar-refractivity contribution in [1.82, 2.24) is 4.90 Å². The minimum absolute atomic E-state index is 0.165. The van der Waals surface area contributed by atoms with Crippen molar-refractivity contribution in [3.05, 3.63) is 24.3 Å². The molecule has 7 nitrogen and oxygen atoms in total.